The summed E-state index contributed by atoms with van der Waals surface area (Å²) < 4.78 is 5.78. The van der Waals surface area contributed by atoms with E-state index in [1.807, 2.05) is 42.3 Å². The normalized spacial score (nSPS) is 26.5. The Balaban J connectivity index is 1.95. The van der Waals surface area contributed by atoms with E-state index in [4.69, 9.17) is 4.74 Å². The van der Waals surface area contributed by atoms with Crippen molar-refractivity contribution < 1.29 is 9.53 Å². The van der Waals surface area contributed by atoms with Crippen LogP contribution in [-0.4, -0.2) is 36.9 Å². The van der Waals surface area contributed by atoms with Crippen LogP contribution in [0.1, 0.15) is 6.42 Å². The van der Waals surface area contributed by atoms with Gasteiger partial charge in [0.05, 0.1) is 6.04 Å². The Kier molecular flexibility index (Phi) is 3.02. The second kappa shape index (κ2) is 4.45. The SMILES string of the molecule is CN1C[C@H](Oc2ccccc2)C[C@H]1C=O. The van der Waals surface area contributed by atoms with E-state index in [1.54, 1.807) is 0 Å². The summed E-state index contributed by atoms with van der Waals surface area (Å²) in [5, 5.41) is 0. The summed E-state index contributed by atoms with van der Waals surface area (Å²) in [6.07, 6.45) is 1.91. The Hall–Kier alpha value is -1.35. The molecule has 0 amide bonds. The van der Waals surface area contributed by atoms with Gasteiger partial charge in [0, 0.05) is 13.0 Å². The lowest BCUT2D eigenvalue weighted by atomic mass is 10.2. The molecule has 15 heavy (non-hydrogen) atoms. The average molecular weight is 205 g/mol. The molecular weight excluding hydrogens is 190 g/mol. The van der Waals surface area contributed by atoms with Crippen molar-refractivity contribution in [2.75, 3.05) is 13.6 Å². The van der Waals surface area contributed by atoms with Gasteiger partial charge in [0.15, 0.2) is 0 Å². The van der Waals surface area contributed by atoms with Gasteiger partial charge in [-0.05, 0) is 19.2 Å². The fourth-order valence-corrected chi connectivity index (χ4v) is 1.92. The van der Waals surface area contributed by atoms with Gasteiger partial charge in [0.1, 0.15) is 18.1 Å². The summed E-state index contributed by atoms with van der Waals surface area (Å²) in [4.78, 5) is 12.7. The van der Waals surface area contributed by atoms with Gasteiger partial charge >= 0.3 is 0 Å². The molecule has 0 bridgehead atoms. The molecule has 0 unspecified atom stereocenters. The third-order valence-electron chi connectivity index (χ3n) is 2.77. The number of ether oxygens (including phenoxy) is 1. The van der Waals surface area contributed by atoms with E-state index in [2.05, 4.69) is 0 Å². The Bertz CT molecular complexity index is 326. The van der Waals surface area contributed by atoms with E-state index >= 15 is 0 Å². The van der Waals surface area contributed by atoms with Crippen molar-refractivity contribution in [3.63, 3.8) is 0 Å². The summed E-state index contributed by atoms with van der Waals surface area (Å²) in [6, 6.07) is 9.75. The lowest BCUT2D eigenvalue weighted by molar-refractivity contribution is -0.111. The molecule has 2 atom stereocenters. The highest BCUT2D eigenvalue weighted by Crippen LogP contribution is 2.20. The van der Waals surface area contributed by atoms with E-state index in [0.717, 1.165) is 25.0 Å². The largest absolute Gasteiger partial charge is 0.489 e. The number of likely N-dealkylation sites (N-methyl/N-ethyl adjacent to an activating group) is 1. The minimum atomic E-state index is 0.0127. The summed E-state index contributed by atoms with van der Waals surface area (Å²) in [7, 11) is 1.95. The molecule has 1 heterocycles. The molecule has 1 aromatic rings. The van der Waals surface area contributed by atoms with E-state index in [-0.39, 0.29) is 12.1 Å². The molecule has 1 saturated heterocycles. The Morgan fingerprint density at radius 3 is 2.73 bits per heavy atom. The highest BCUT2D eigenvalue weighted by Gasteiger charge is 2.30. The minimum Gasteiger partial charge on any atom is -0.489 e. The van der Waals surface area contributed by atoms with Crippen molar-refractivity contribution >= 4 is 6.29 Å². The zero-order chi connectivity index (χ0) is 10.7. The van der Waals surface area contributed by atoms with Crippen molar-refractivity contribution in [3.8, 4) is 5.75 Å². The van der Waals surface area contributed by atoms with Gasteiger partial charge < -0.3 is 9.53 Å². The summed E-state index contributed by atoms with van der Waals surface area (Å²) in [5.41, 5.74) is 0. The van der Waals surface area contributed by atoms with E-state index in [0.29, 0.717) is 0 Å². The second-order valence-electron chi connectivity index (χ2n) is 3.93. The first-order valence-electron chi connectivity index (χ1n) is 5.17. The van der Waals surface area contributed by atoms with Crippen molar-refractivity contribution in [2.24, 2.45) is 0 Å². The highest BCUT2D eigenvalue weighted by molar-refractivity contribution is 5.58. The molecule has 1 aliphatic heterocycles. The van der Waals surface area contributed by atoms with Gasteiger partial charge in [-0.1, -0.05) is 18.2 Å². The van der Waals surface area contributed by atoms with Crippen LogP contribution in [0.25, 0.3) is 0 Å². The van der Waals surface area contributed by atoms with Crippen LogP contribution < -0.4 is 4.74 Å². The number of benzene rings is 1. The number of likely N-dealkylation sites (tertiary alicyclic amines) is 1. The molecule has 2 rings (SSSR count). The molecule has 0 radical (unpaired) electrons. The van der Waals surface area contributed by atoms with Gasteiger partial charge in [-0.3, -0.25) is 4.90 Å². The minimum absolute atomic E-state index is 0.0127. The molecule has 0 N–H and O–H groups in total. The quantitative estimate of drug-likeness (QED) is 0.697. The van der Waals surface area contributed by atoms with Gasteiger partial charge in [0.2, 0.25) is 0 Å². The smallest absolute Gasteiger partial charge is 0.137 e. The predicted molar refractivity (Wildman–Crippen MR) is 58.0 cm³/mol. The zero-order valence-electron chi connectivity index (χ0n) is 8.80. The van der Waals surface area contributed by atoms with Crippen LogP contribution in [0.5, 0.6) is 5.75 Å². The van der Waals surface area contributed by atoms with Crippen LogP contribution in [0.4, 0.5) is 0 Å². The Labute approximate surface area is 89.7 Å². The molecular formula is C12H15NO2. The third kappa shape index (κ3) is 2.36. The van der Waals surface area contributed by atoms with E-state index in [9.17, 15) is 4.79 Å². The fourth-order valence-electron chi connectivity index (χ4n) is 1.92. The average Bonchev–Trinajstić information content (AvgIpc) is 2.60. The lowest BCUT2D eigenvalue weighted by Crippen LogP contribution is -2.26. The molecule has 0 spiro atoms. The monoisotopic (exact) mass is 205 g/mol. The topological polar surface area (TPSA) is 29.5 Å². The maximum absolute atomic E-state index is 10.7. The van der Waals surface area contributed by atoms with E-state index in [1.165, 1.54) is 0 Å². The highest BCUT2D eigenvalue weighted by atomic mass is 16.5. The number of carbonyl (C=O) groups is 1. The first kappa shape index (κ1) is 10.2. The van der Waals surface area contributed by atoms with Crippen molar-refractivity contribution in [1.29, 1.82) is 0 Å². The van der Waals surface area contributed by atoms with Crippen LogP contribution in [0, 0.1) is 0 Å². The lowest BCUT2D eigenvalue weighted by Gasteiger charge is -2.13. The van der Waals surface area contributed by atoms with Crippen LogP contribution in [0.3, 0.4) is 0 Å². The van der Waals surface area contributed by atoms with Gasteiger partial charge in [0.25, 0.3) is 0 Å². The van der Waals surface area contributed by atoms with Gasteiger partial charge in [-0.15, -0.1) is 0 Å². The van der Waals surface area contributed by atoms with Crippen molar-refractivity contribution in [1.82, 2.24) is 4.90 Å². The second-order valence-corrected chi connectivity index (χ2v) is 3.93. The Morgan fingerprint density at radius 1 is 1.40 bits per heavy atom. The first-order valence-corrected chi connectivity index (χ1v) is 5.17. The number of aldehydes is 1. The number of hydrogen-bond acceptors (Lipinski definition) is 3. The fraction of sp³-hybridized carbons (Fsp3) is 0.417. The summed E-state index contributed by atoms with van der Waals surface area (Å²) in [6.45, 7) is 0.818. The van der Waals surface area contributed by atoms with Crippen LogP contribution >= 0.6 is 0 Å². The molecule has 0 aromatic heterocycles. The summed E-state index contributed by atoms with van der Waals surface area (Å²) >= 11 is 0. The molecule has 1 aliphatic rings. The maximum atomic E-state index is 10.7. The van der Waals surface area contributed by atoms with Crippen molar-refractivity contribution in [2.45, 2.75) is 18.6 Å². The number of carbonyl (C=O) groups excluding carboxylic acids is 1. The van der Waals surface area contributed by atoms with Gasteiger partial charge in [-0.25, -0.2) is 0 Å². The van der Waals surface area contributed by atoms with E-state index < -0.39 is 0 Å². The zero-order valence-corrected chi connectivity index (χ0v) is 8.80. The molecule has 0 aliphatic carbocycles. The summed E-state index contributed by atoms with van der Waals surface area (Å²) in [5.74, 6) is 0.877. The van der Waals surface area contributed by atoms with Crippen molar-refractivity contribution in [3.05, 3.63) is 30.3 Å². The van der Waals surface area contributed by atoms with Crippen LogP contribution in [0.2, 0.25) is 0 Å². The molecule has 3 nitrogen and oxygen atoms in total. The standard InChI is InChI=1S/C12H15NO2/c1-13-8-12(7-10(13)9-14)15-11-5-3-2-4-6-11/h2-6,9-10,12H,7-8H2,1H3/t10-,12+/m0/s1. The number of para-hydroxylation sites is 1. The van der Waals surface area contributed by atoms with Gasteiger partial charge in [-0.2, -0.15) is 0 Å². The number of hydrogen-bond donors (Lipinski definition) is 0. The molecule has 80 valence electrons. The Morgan fingerprint density at radius 2 is 2.13 bits per heavy atom. The molecule has 3 heteroatoms. The number of nitrogens with zero attached hydrogens (tertiary/aromatic N) is 1. The molecule has 0 saturated carbocycles. The molecule has 1 fully saturated rings. The predicted octanol–water partition coefficient (Wildman–Crippen LogP) is 1.34. The first-order chi connectivity index (χ1) is 7.29. The molecule has 1 aromatic carbocycles. The maximum Gasteiger partial charge on any atom is 0.137 e. The van der Waals surface area contributed by atoms with Crippen LogP contribution in [0.15, 0.2) is 30.3 Å². The third-order valence-corrected chi connectivity index (χ3v) is 2.77. The van der Waals surface area contributed by atoms with Crippen LogP contribution in [-0.2, 0) is 4.79 Å². The number of rotatable bonds is 3.